The minimum absolute atomic E-state index is 0.0541. The van der Waals surface area contributed by atoms with Gasteiger partial charge in [0.2, 0.25) is 0 Å². The van der Waals surface area contributed by atoms with Gasteiger partial charge < -0.3 is 9.47 Å². The molecule has 2 atom stereocenters. The Kier molecular flexibility index (Phi) is 3.14. The molecule has 0 aromatic rings. The van der Waals surface area contributed by atoms with Crippen LogP contribution in [-0.4, -0.2) is 31.1 Å². The molecule has 3 fully saturated rings. The van der Waals surface area contributed by atoms with Gasteiger partial charge in [0.15, 0.2) is 0 Å². The number of carbonyl (C=O) groups excluding carboxylic acids is 2. The van der Waals surface area contributed by atoms with Crippen molar-refractivity contribution in [3.8, 4) is 0 Å². The molecule has 4 heteroatoms. The normalized spacial score (nSPS) is 34.3. The Balaban J connectivity index is 1.50. The fraction of sp³-hybridized carbons (Fsp3) is 0.857. The van der Waals surface area contributed by atoms with Gasteiger partial charge in [-0.2, -0.15) is 0 Å². The minimum Gasteiger partial charge on any atom is -0.462 e. The largest absolute Gasteiger partial charge is 0.462 e. The molecule has 2 unspecified atom stereocenters. The van der Waals surface area contributed by atoms with Crippen molar-refractivity contribution >= 4 is 11.8 Å². The summed E-state index contributed by atoms with van der Waals surface area (Å²) in [6, 6.07) is 0. The lowest BCUT2D eigenvalue weighted by Crippen LogP contribution is -2.40. The molecule has 4 nitrogen and oxygen atoms in total. The lowest BCUT2D eigenvalue weighted by molar-refractivity contribution is -0.159. The van der Waals surface area contributed by atoms with Gasteiger partial charge in [-0.15, -0.1) is 0 Å². The van der Waals surface area contributed by atoms with Gasteiger partial charge in [0.25, 0.3) is 0 Å². The summed E-state index contributed by atoms with van der Waals surface area (Å²) in [5.41, 5.74) is 0.299. The third kappa shape index (κ3) is 2.30. The van der Waals surface area contributed by atoms with E-state index < -0.39 is 0 Å². The van der Waals surface area contributed by atoms with Crippen LogP contribution < -0.4 is 0 Å². The van der Waals surface area contributed by atoms with Crippen LogP contribution in [0.4, 0.5) is 0 Å². The SMILES string of the molecule is O=C1CCCC(C(=O)OC2CCC3(COC3)C2)C1. The van der Waals surface area contributed by atoms with E-state index in [9.17, 15) is 9.59 Å². The average Bonchev–Trinajstić information content (AvgIpc) is 2.73. The molecular formula is C14H20O4. The van der Waals surface area contributed by atoms with Crippen LogP contribution in [0.25, 0.3) is 0 Å². The van der Waals surface area contributed by atoms with E-state index in [1.165, 1.54) is 0 Å². The van der Waals surface area contributed by atoms with Gasteiger partial charge in [0.1, 0.15) is 11.9 Å². The van der Waals surface area contributed by atoms with Gasteiger partial charge in [-0.05, 0) is 32.1 Å². The molecule has 0 N–H and O–H groups in total. The minimum atomic E-state index is -0.180. The van der Waals surface area contributed by atoms with Crippen LogP contribution in [0.15, 0.2) is 0 Å². The molecule has 1 heterocycles. The van der Waals surface area contributed by atoms with Crippen molar-refractivity contribution in [1.82, 2.24) is 0 Å². The molecule has 0 bridgehead atoms. The lowest BCUT2D eigenvalue weighted by atomic mass is 9.84. The van der Waals surface area contributed by atoms with E-state index in [1.54, 1.807) is 0 Å². The van der Waals surface area contributed by atoms with Gasteiger partial charge in [0.05, 0.1) is 19.1 Å². The quantitative estimate of drug-likeness (QED) is 0.704. The van der Waals surface area contributed by atoms with Gasteiger partial charge >= 0.3 is 5.97 Å². The van der Waals surface area contributed by atoms with Crippen molar-refractivity contribution in [1.29, 1.82) is 0 Å². The highest BCUT2D eigenvalue weighted by Gasteiger charge is 2.46. The highest BCUT2D eigenvalue weighted by molar-refractivity contribution is 5.85. The summed E-state index contributed by atoms with van der Waals surface area (Å²) in [7, 11) is 0. The Morgan fingerprint density at radius 1 is 1.33 bits per heavy atom. The van der Waals surface area contributed by atoms with Gasteiger partial charge in [-0.1, -0.05) is 0 Å². The van der Waals surface area contributed by atoms with E-state index in [-0.39, 0.29) is 23.8 Å². The summed E-state index contributed by atoms with van der Waals surface area (Å²) < 4.78 is 10.8. The predicted molar refractivity (Wildman–Crippen MR) is 63.9 cm³/mol. The number of hydrogen-bond donors (Lipinski definition) is 0. The van der Waals surface area contributed by atoms with Crippen LogP contribution in [0.5, 0.6) is 0 Å². The standard InChI is InChI=1S/C14H20O4/c15-11-3-1-2-10(6-11)13(16)18-12-4-5-14(7-12)8-17-9-14/h10,12H,1-9H2. The van der Waals surface area contributed by atoms with Crippen LogP contribution in [-0.2, 0) is 19.1 Å². The molecule has 2 saturated carbocycles. The third-order valence-corrected chi connectivity index (χ3v) is 4.57. The predicted octanol–water partition coefficient (Wildman–Crippen LogP) is 1.86. The summed E-state index contributed by atoms with van der Waals surface area (Å²) in [6.07, 6.45) is 5.72. The van der Waals surface area contributed by atoms with Gasteiger partial charge in [-0.3, -0.25) is 9.59 Å². The highest BCUT2D eigenvalue weighted by atomic mass is 16.5. The Hall–Kier alpha value is -0.900. The van der Waals surface area contributed by atoms with Crippen molar-refractivity contribution in [2.75, 3.05) is 13.2 Å². The van der Waals surface area contributed by atoms with Crippen LogP contribution in [0.1, 0.15) is 44.9 Å². The highest BCUT2D eigenvalue weighted by Crippen LogP contribution is 2.45. The molecule has 3 aliphatic rings. The van der Waals surface area contributed by atoms with E-state index in [4.69, 9.17) is 9.47 Å². The molecule has 0 amide bonds. The zero-order chi connectivity index (χ0) is 12.6. The molecule has 0 aromatic carbocycles. The number of rotatable bonds is 2. The number of esters is 1. The fourth-order valence-electron chi connectivity index (χ4n) is 3.39. The van der Waals surface area contributed by atoms with Crippen LogP contribution in [0.2, 0.25) is 0 Å². The summed E-state index contributed by atoms with van der Waals surface area (Å²) in [4.78, 5) is 23.4. The molecular weight excluding hydrogens is 232 g/mol. The van der Waals surface area contributed by atoms with Gasteiger partial charge in [-0.25, -0.2) is 0 Å². The molecule has 18 heavy (non-hydrogen) atoms. The van der Waals surface area contributed by atoms with Crippen LogP contribution in [0, 0.1) is 11.3 Å². The molecule has 0 aromatic heterocycles. The Labute approximate surface area is 107 Å². The third-order valence-electron chi connectivity index (χ3n) is 4.57. The summed E-state index contributed by atoms with van der Waals surface area (Å²) >= 11 is 0. The van der Waals surface area contributed by atoms with Crippen molar-refractivity contribution in [3.05, 3.63) is 0 Å². The molecule has 3 rings (SSSR count). The number of Topliss-reactive ketones (excluding diaryl/α,β-unsaturated/α-hetero) is 1. The zero-order valence-corrected chi connectivity index (χ0v) is 10.7. The fourth-order valence-corrected chi connectivity index (χ4v) is 3.39. The van der Waals surface area contributed by atoms with Crippen molar-refractivity contribution in [2.24, 2.45) is 11.3 Å². The van der Waals surface area contributed by atoms with E-state index in [0.717, 1.165) is 45.3 Å². The molecule has 0 radical (unpaired) electrons. The van der Waals surface area contributed by atoms with E-state index in [1.807, 2.05) is 0 Å². The maximum absolute atomic E-state index is 12.0. The first-order chi connectivity index (χ1) is 8.67. The Bertz CT molecular complexity index is 359. The zero-order valence-electron chi connectivity index (χ0n) is 10.7. The average molecular weight is 252 g/mol. The molecule has 1 spiro atoms. The van der Waals surface area contributed by atoms with Crippen molar-refractivity contribution in [2.45, 2.75) is 51.0 Å². The number of hydrogen-bond acceptors (Lipinski definition) is 4. The summed E-state index contributed by atoms with van der Waals surface area (Å²) in [6.45, 7) is 1.64. The Morgan fingerprint density at radius 2 is 2.17 bits per heavy atom. The molecule has 1 aliphatic heterocycles. The molecule has 2 aliphatic carbocycles. The van der Waals surface area contributed by atoms with E-state index in [0.29, 0.717) is 18.3 Å². The number of ketones is 1. The maximum atomic E-state index is 12.0. The number of carbonyl (C=O) groups is 2. The van der Waals surface area contributed by atoms with Crippen LogP contribution >= 0.6 is 0 Å². The molecule has 1 saturated heterocycles. The maximum Gasteiger partial charge on any atom is 0.309 e. The first-order valence-corrected chi connectivity index (χ1v) is 6.97. The second-order valence-corrected chi connectivity index (χ2v) is 6.13. The van der Waals surface area contributed by atoms with Crippen molar-refractivity contribution < 1.29 is 19.1 Å². The van der Waals surface area contributed by atoms with Crippen LogP contribution in [0.3, 0.4) is 0 Å². The molecule has 100 valence electrons. The van der Waals surface area contributed by atoms with E-state index >= 15 is 0 Å². The summed E-state index contributed by atoms with van der Waals surface area (Å²) in [5.74, 6) is -0.121. The Morgan fingerprint density at radius 3 is 2.78 bits per heavy atom. The van der Waals surface area contributed by atoms with Crippen molar-refractivity contribution in [3.63, 3.8) is 0 Å². The first kappa shape index (κ1) is 12.2. The van der Waals surface area contributed by atoms with E-state index in [2.05, 4.69) is 0 Å². The van der Waals surface area contributed by atoms with Gasteiger partial charge in [0, 0.05) is 18.3 Å². The monoisotopic (exact) mass is 252 g/mol. The topological polar surface area (TPSA) is 52.6 Å². The smallest absolute Gasteiger partial charge is 0.309 e. The number of ether oxygens (including phenoxy) is 2. The lowest BCUT2D eigenvalue weighted by Gasteiger charge is -2.37. The second kappa shape index (κ2) is 4.65. The summed E-state index contributed by atoms with van der Waals surface area (Å²) in [5, 5.41) is 0. The first-order valence-electron chi connectivity index (χ1n) is 6.97. The second-order valence-electron chi connectivity index (χ2n) is 6.13.